The van der Waals surface area contributed by atoms with Crippen LogP contribution in [-0.2, 0) is 10.0 Å². The van der Waals surface area contributed by atoms with E-state index in [1.165, 1.54) is 10.4 Å². The summed E-state index contributed by atoms with van der Waals surface area (Å²) in [4.78, 5) is 13.0. The molecule has 0 atom stereocenters. The highest BCUT2D eigenvalue weighted by Crippen LogP contribution is 2.29. The molecule has 1 aliphatic heterocycles. The Morgan fingerprint density at radius 1 is 1.11 bits per heavy atom. The van der Waals surface area contributed by atoms with Gasteiger partial charge in [-0.3, -0.25) is 4.79 Å². The SMILES string of the molecule is Cc1ccc(S(=O)(=O)N2CCCCC2)cc1C(=O)NC1(C#N)CCCCC1. The van der Waals surface area contributed by atoms with Gasteiger partial charge in [0.05, 0.1) is 11.0 Å². The van der Waals surface area contributed by atoms with E-state index >= 15 is 0 Å². The minimum absolute atomic E-state index is 0.148. The largest absolute Gasteiger partial charge is 0.334 e. The Labute approximate surface area is 161 Å². The summed E-state index contributed by atoms with van der Waals surface area (Å²) in [5.74, 6) is -0.369. The Balaban J connectivity index is 1.87. The molecule has 0 radical (unpaired) electrons. The van der Waals surface area contributed by atoms with E-state index in [2.05, 4.69) is 11.4 Å². The molecule has 7 heteroatoms. The van der Waals surface area contributed by atoms with E-state index in [-0.39, 0.29) is 10.8 Å². The number of piperidine rings is 1. The van der Waals surface area contributed by atoms with Crippen molar-refractivity contribution >= 4 is 15.9 Å². The molecular weight excluding hydrogens is 362 g/mol. The monoisotopic (exact) mass is 389 g/mol. The van der Waals surface area contributed by atoms with Gasteiger partial charge in [0.2, 0.25) is 10.0 Å². The highest BCUT2D eigenvalue weighted by atomic mass is 32.2. The molecule has 0 bridgehead atoms. The minimum Gasteiger partial charge on any atom is -0.334 e. The number of aryl methyl sites for hydroxylation is 1. The molecule has 6 nitrogen and oxygen atoms in total. The summed E-state index contributed by atoms with van der Waals surface area (Å²) in [6.45, 7) is 2.83. The van der Waals surface area contributed by atoms with Crippen LogP contribution in [0.25, 0.3) is 0 Å². The Hall–Kier alpha value is -1.91. The Kier molecular flexibility index (Phi) is 5.87. The number of benzene rings is 1. The fourth-order valence-electron chi connectivity index (χ4n) is 3.97. The van der Waals surface area contributed by atoms with Gasteiger partial charge in [0.1, 0.15) is 5.54 Å². The molecule has 3 rings (SSSR count). The number of hydrogen-bond acceptors (Lipinski definition) is 4. The number of nitrogens with one attached hydrogen (secondary N) is 1. The van der Waals surface area contributed by atoms with Crippen molar-refractivity contribution in [2.24, 2.45) is 0 Å². The lowest BCUT2D eigenvalue weighted by Gasteiger charge is -2.31. The molecule has 1 aromatic carbocycles. The fourth-order valence-corrected chi connectivity index (χ4v) is 5.51. The van der Waals surface area contributed by atoms with Gasteiger partial charge in [-0.2, -0.15) is 9.57 Å². The van der Waals surface area contributed by atoms with Crippen molar-refractivity contribution < 1.29 is 13.2 Å². The van der Waals surface area contributed by atoms with Crippen molar-refractivity contribution in [1.29, 1.82) is 5.26 Å². The van der Waals surface area contributed by atoms with E-state index in [0.29, 0.717) is 37.1 Å². The quantitative estimate of drug-likeness (QED) is 0.856. The predicted molar refractivity (Wildman–Crippen MR) is 103 cm³/mol. The molecule has 1 saturated heterocycles. The number of nitrogens with zero attached hydrogens (tertiary/aromatic N) is 2. The van der Waals surface area contributed by atoms with Crippen LogP contribution in [0.3, 0.4) is 0 Å². The van der Waals surface area contributed by atoms with Crippen molar-refractivity contribution in [3.63, 3.8) is 0 Å². The summed E-state index contributed by atoms with van der Waals surface area (Å²) in [6.07, 6.45) is 6.95. The first kappa shape index (κ1) is 19.8. The zero-order chi connectivity index (χ0) is 19.5. The standard InChI is InChI=1S/C20H27N3O3S/c1-16-8-9-17(27(25,26)23-12-6-3-7-13-23)14-18(16)19(24)22-20(15-21)10-4-2-5-11-20/h8-9,14H,2-7,10-13H2,1H3,(H,22,24). The van der Waals surface area contributed by atoms with Gasteiger partial charge < -0.3 is 5.32 Å². The third kappa shape index (κ3) is 4.17. The maximum absolute atomic E-state index is 12.9. The Morgan fingerprint density at radius 3 is 2.37 bits per heavy atom. The van der Waals surface area contributed by atoms with Crippen LogP contribution in [-0.4, -0.2) is 37.3 Å². The maximum atomic E-state index is 12.9. The first-order chi connectivity index (χ1) is 12.9. The van der Waals surface area contributed by atoms with Gasteiger partial charge in [0.25, 0.3) is 5.91 Å². The molecule has 2 aliphatic rings. The van der Waals surface area contributed by atoms with Gasteiger partial charge in [0, 0.05) is 18.7 Å². The lowest BCUT2D eigenvalue weighted by molar-refractivity contribution is 0.0902. The Bertz CT molecular complexity index is 846. The number of amides is 1. The average molecular weight is 390 g/mol. The smallest absolute Gasteiger partial charge is 0.252 e. The van der Waals surface area contributed by atoms with E-state index in [1.807, 2.05) is 0 Å². The Morgan fingerprint density at radius 2 is 1.74 bits per heavy atom. The van der Waals surface area contributed by atoms with Gasteiger partial charge in [-0.15, -0.1) is 0 Å². The molecule has 0 aromatic heterocycles. The number of nitriles is 1. The number of rotatable bonds is 4. The number of sulfonamides is 1. The van der Waals surface area contributed by atoms with Crippen molar-refractivity contribution in [3.8, 4) is 6.07 Å². The highest BCUT2D eigenvalue weighted by molar-refractivity contribution is 7.89. The summed E-state index contributed by atoms with van der Waals surface area (Å²) < 4.78 is 27.3. The van der Waals surface area contributed by atoms with Crippen LogP contribution in [0.5, 0.6) is 0 Å². The van der Waals surface area contributed by atoms with Crippen LogP contribution in [0.2, 0.25) is 0 Å². The van der Waals surface area contributed by atoms with E-state index in [9.17, 15) is 18.5 Å². The van der Waals surface area contributed by atoms with Gasteiger partial charge in [-0.25, -0.2) is 8.42 Å². The summed E-state index contributed by atoms with van der Waals surface area (Å²) >= 11 is 0. The first-order valence-electron chi connectivity index (χ1n) is 9.73. The van der Waals surface area contributed by atoms with Gasteiger partial charge >= 0.3 is 0 Å². The second-order valence-corrected chi connectivity index (χ2v) is 9.59. The summed E-state index contributed by atoms with van der Waals surface area (Å²) in [7, 11) is -3.60. The second-order valence-electron chi connectivity index (χ2n) is 7.65. The first-order valence-corrected chi connectivity index (χ1v) is 11.2. The van der Waals surface area contributed by atoms with Gasteiger partial charge in [-0.1, -0.05) is 31.7 Å². The summed E-state index contributed by atoms with van der Waals surface area (Å²) in [5, 5.41) is 12.5. The zero-order valence-corrected chi connectivity index (χ0v) is 16.6. The summed E-state index contributed by atoms with van der Waals surface area (Å²) in [5.41, 5.74) is 0.186. The van der Waals surface area contributed by atoms with Crippen LogP contribution in [0.4, 0.5) is 0 Å². The molecular formula is C20H27N3O3S. The molecule has 0 unspecified atom stereocenters. The van der Waals surface area contributed by atoms with Crippen LogP contribution < -0.4 is 5.32 Å². The van der Waals surface area contributed by atoms with Gasteiger partial charge in [-0.05, 0) is 50.3 Å². The van der Waals surface area contributed by atoms with Crippen LogP contribution in [0.1, 0.15) is 67.3 Å². The molecule has 0 spiro atoms. The van der Waals surface area contributed by atoms with Crippen molar-refractivity contribution in [2.75, 3.05) is 13.1 Å². The third-order valence-electron chi connectivity index (χ3n) is 5.68. The van der Waals surface area contributed by atoms with Crippen LogP contribution in [0.15, 0.2) is 23.1 Å². The van der Waals surface area contributed by atoms with E-state index < -0.39 is 15.6 Å². The molecule has 1 amide bonds. The molecule has 146 valence electrons. The number of carbonyl (C=O) groups excluding carboxylic acids is 1. The third-order valence-corrected chi connectivity index (χ3v) is 7.58. The lowest BCUT2D eigenvalue weighted by atomic mass is 9.82. The van der Waals surface area contributed by atoms with E-state index in [4.69, 9.17) is 0 Å². The number of carbonyl (C=O) groups is 1. The molecule has 1 heterocycles. The van der Waals surface area contributed by atoms with Crippen LogP contribution >= 0.6 is 0 Å². The molecule has 1 aliphatic carbocycles. The molecule has 1 saturated carbocycles. The minimum atomic E-state index is -3.60. The van der Waals surface area contributed by atoms with Crippen molar-refractivity contribution in [2.45, 2.75) is 68.7 Å². The van der Waals surface area contributed by atoms with Crippen LogP contribution in [0, 0.1) is 18.3 Å². The fraction of sp³-hybridized carbons (Fsp3) is 0.600. The second kappa shape index (κ2) is 7.99. The predicted octanol–water partition coefficient (Wildman–Crippen LogP) is 3.13. The van der Waals surface area contributed by atoms with Crippen molar-refractivity contribution in [3.05, 3.63) is 29.3 Å². The molecule has 1 aromatic rings. The average Bonchev–Trinajstić information content (AvgIpc) is 2.69. The molecule has 2 fully saturated rings. The topological polar surface area (TPSA) is 90.3 Å². The summed E-state index contributed by atoms with van der Waals surface area (Å²) in [6, 6.07) is 6.97. The van der Waals surface area contributed by atoms with E-state index in [0.717, 1.165) is 38.5 Å². The van der Waals surface area contributed by atoms with E-state index in [1.54, 1.807) is 19.1 Å². The van der Waals surface area contributed by atoms with Crippen molar-refractivity contribution in [1.82, 2.24) is 9.62 Å². The van der Waals surface area contributed by atoms with Gasteiger partial charge in [0.15, 0.2) is 0 Å². The maximum Gasteiger partial charge on any atom is 0.252 e. The zero-order valence-electron chi connectivity index (χ0n) is 15.8. The normalized spacial score (nSPS) is 20.6. The highest BCUT2D eigenvalue weighted by Gasteiger charge is 2.34. The number of hydrogen-bond donors (Lipinski definition) is 1. The molecule has 27 heavy (non-hydrogen) atoms. The molecule has 1 N–H and O–H groups in total. The lowest BCUT2D eigenvalue weighted by Crippen LogP contribution is -2.48.